The van der Waals surface area contributed by atoms with Gasteiger partial charge in [0.25, 0.3) is 5.69 Å². The normalized spacial score (nSPS) is 10.7. The molecule has 1 aromatic heterocycles. The van der Waals surface area contributed by atoms with Gasteiger partial charge in [0.2, 0.25) is 5.78 Å². The Morgan fingerprint density at radius 3 is 2.24 bits per heavy atom. The van der Waals surface area contributed by atoms with Crippen molar-refractivity contribution in [2.45, 2.75) is 0 Å². The number of halogens is 1. The predicted octanol–water partition coefficient (Wildman–Crippen LogP) is 4.84. The van der Waals surface area contributed by atoms with Crippen LogP contribution in [0.15, 0.2) is 83.3 Å². The molecule has 0 amide bonds. The summed E-state index contributed by atoms with van der Waals surface area (Å²) in [4.78, 5) is 25.2. The van der Waals surface area contributed by atoms with Gasteiger partial charge in [-0.1, -0.05) is 58.4 Å². The minimum atomic E-state index is -0.503. The second-order valence-corrected chi connectivity index (χ2v) is 7.05. The molecule has 0 saturated heterocycles. The number of rotatable bonds is 5. The minimum Gasteiger partial charge on any atom is -0.287 e. The molecular formula is C21H13BrN4O3. The summed E-state index contributed by atoms with van der Waals surface area (Å²) in [5, 5.41) is 20.2. The summed E-state index contributed by atoms with van der Waals surface area (Å²) in [5.74, 6) is -0.318. The van der Waals surface area contributed by atoms with Crippen LogP contribution in [0.2, 0.25) is 0 Å². The summed E-state index contributed by atoms with van der Waals surface area (Å²) >= 11 is 3.35. The van der Waals surface area contributed by atoms with Crippen LogP contribution >= 0.6 is 15.9 Å². The molecule has 0 aliphatic carbocycles. The first-order valence-corrected chi connectivity index (χ1v) is 9.41. The molecule has 4 aromatic rings. The van der Waals surface area contributed by atoms with Gasteiger partial charge in [0, 0.05) is 21.7 Å². The first-order chi connectivity index (χ1) is 14.0. The molecule has 1 heterocycles. The Hall–Kier alpha value is -3.65. The van der Waals surface area contributed by atoms with Gasteiger partial charge >= 0.3 is 0 Å². The number of carbonyl (C=O) groups excluding carboxylic acids is 1. The fourth-order valence-corrected chi connectivity index (χ4v) is 3.15. The van der Waals surface area contributed by atoms with E-state index in [0.29, 0.717) is 16.8 Å². The highest BCUT2D eigenvalue weighted by molar-refractivity contribution is 9.10. The Morgan fingerprint density at radius 2 is 1.55 bits per heavy atom. The molecule has 0 fully saturated rings. The van der Waals surface area contributed by atoms with Crippen LogP contribution in [-0.4, -0.2) is 25.7 Å². The number of hydrogen-bond acceptors (Lipinski definition) is 5. The molecule has 0 atom stereocenters. The molecule has 0 N–H and O–H groups in total. The van der Waals surface area contributed by atoms with Crippen molar-refractivity contribution in [2.24, 2.45) is 0 Å². The number of carbonyl (C=O) groups is 1. The average molecular weight is 449 g/mol. The largest absolute Gasteiger partial charge is 0.296 e. The van der Waals surface area contributed by atoms with Gasteiger partial charge < -0.3 is 0 Å². The lowest BCUT2D eigenvalue weighted by atomic mass is 10.0. The number of nitrogens with zero attached hydrogens (tertiary/aromatic N) is 4. The Bertz CT molecular complexity index is 1200. The summed E-state index contributed by atoms with van der Waals surface area (Å²) in [5.41, 5.74) is 1.65. The first-order valence-electron chi connectivity index (χ1n) is 8.61. The van der Waals surface area contributed by atoms with Crippen molar-refractivity contribution >= 4 is 27.4 Å². The number of nitro benzene ring substituents is 1. The predicted molar refractivity (Wildman–Crippen MR) is 111 cm³/mol. The van der Waals surface area contributed by atoms with Crippen LogP contribution in [-0.2, 0) is 0 Å². The maximum Gasteiger partial charge on any atom is 0.296 e. The molecule has 8 heteroatoms. The van der Waals surface area contributed by atoms with Gasteiger partial charge in [0.1, 0.15) is 5.69 Å². The molecule has 0 unspecified atom stereocenters. The van der Waals surface area contributed by atoms with Crippen LogP contribution in [0.25, 0.3) is 16.9 Å². The van der Waals surface area contributed by atoms with Crippen molar-refractivity contribution < 1.29 is 9.72 Å². The van der Waals surface area contributed by atoms with E-state index in [1.54, 1.807) is 42.5 Å². The van der Waals surface area contributed by atoms with Crippen LogP contribution < -0.4 is 0 Å². The maximum absolute atomic E-state index is 13.2. The van der Waals surface area contributed by atoms with Crippen molar-refractivity contribution in [3.05, 3.63) is 105 Å². The zero-order valence-electron chi connectivity index (χ0n) is 14.9. The Balaban J connectivity index is 1.90. The average Bonchev–Trinajstić information content (AvgIpc) is 3.20. The molecule has 0 spiro atoms. The standard InChI is InChI=1S/C21H13BrN4O3/c22-16-12-10-15(11-13-16)21(27)20-19(14-6-2-1-3-7-14)23-25(24-20)17-8-4-5-9-18(17)26(28)29/h1-13H. The molecule has 29 heavy (non-hydrogen) atoms. The van der Waals surface area contributed by atoms with Crippen molar-refractivity contribution in [1.82, 2.24) is 15.0 Å². The molecule has 142 valence electrons. The molecule has 0 saturated carbocycles. The van der Waals surface area contributed by atoms with Crippen LogP contribution in [0.4, 0.5) is 5.69 Å². The SMILES string of the molecule is O=C(c1ccc(Br)cc1)c1nn(-c2ccccc2[N+](=O)[O-])nc1-c1ccccc1. The Morgan fingerprint density at radius 1 is 0.897 bits per heavy atom. The quantitative estimate of drug-likeness (QED) is 0.247. The van der Waals surface area contributed by atoms with E-state index < -0.39 is 4.92 Å². The van der Waals surface area contributed by atoms with Crippen molar-refractivity contribution in [3.8, 4) is 16.9 Å². The summed E-state index contributed by atoms with van der Waals surface area (Å²) in [7, 11) is 0. The van der Waals surface area contributed by atoms with E-state index in [1.165, 1.54) is 6.07 Å². The van der Waals surface area contributed by atoms with Gasteiger partial charge in [-0.2, -0.15) is 0 Å². The highest BCUT2D eigenvalue weighted by Crippen LogP contribution is 2.27. The zero-order valence-corrected chi connectivity index (χ0v) is 16.5. The van der Waals surface area contributed by atoms with Crippen LogP contribution in [0, 0.1) is 10.1 Å². The molecule has 7 nitrogen and oxygen atoms in total. The lowest BCUT2D eigenvalue weighted by Gasteiger charge is -2.01. The highest BCUT2D eigenvalue weighted by Gasteiger charge is 2.24. The lowest BCUT2D eigenvalue weighted by molar-refractivity contribution is -0.384. The van der Waals surface area contributed by atoms with E-state index in [9.17, 15) is 14.9 Å². The van der Waals surface area contributed by atoms with Gasteiger partial charge in [-0.05, 0) is 30.3 Å². The molecule has 0 aliphatic rings. The monoisotopic (exact) mass is 448 g/mol. The van der Waals surface area contributed by atoms with Gasteiger partial charge in [0.15, 0.2) is 11.4 Å². The van der Waals surface area contributed by atoms with Crippen LogP contribution in [0.3, 0.4) is 0 Å². The first kappa shape index (κ1) is 18.7. The Labute approximate surface area is 173 Å². The van der Waals surface area contributed by atoms with Crippen LogP contribution in [0.5, 0.6) is 0 Å². The number of nitro groups is 1. The molecule has 4 rings (SSSR count). The summed E-state index contributed by atoms with van der Waals surface area (Å²) in [6.45, 7) is 0. The summed E-state index contributed by atoms with van der Waals surface area (Å²) in [6, 6.07) is 22.2. The number of para-hydroxylation sites is 2. The summed E-state index contributed by atoms with van der Waals surface area (Å²) in [6.07, 6.45) is 0. The van der Waals surface area contributed by atoms with Crippen LogP contribution in [0.1, 0.15) is 16.1 Å². The van der Waals surface area contributed by atoms with Crippen molar-refractivity contribution in [3.63, 3.8) is 0 Å². The van der Waals surface area contributed by atoms with E-state index in [1.807, 2.05) is 30.3 Å². The fourth-order valence-electron chi connectivity index (χ4n) is 2.88. The topological polar surface area (TPSA) is 90.9 Å². The van der Waals surface area contributed by atoms with E-state index in [0.717, 1.165) is 9.27 Å². The molecular weight excluding hydrogens is 436 g/mol. The highest BCUT2D eigenvalue weighted by atomic mass is 79.9. The van der Waals surface area contributed by atoms with Gasteiger partial charge in [0.05, 0.1) is 4.92 Å². The van der Waals surface area contributed by atoms with Gasteiger partial charge in [-0.3, -0.25) is 14.9 Å². The number of ketones is 1. The number of hydrogen-bond donors (Lipinski definition) is 0. The number of aromatic nitrogens is 3. The summed E-state index contributed by atoms with van der Waals surface area (Å²) < 4.78 is 0.848. The second-order valence-electron chi connectivity index (χ2n) is 6.13. The third-order valence-corrected chi connectivity index (χ3v) is 4.81. The lowest BCUT2D eigenvalue weighted by Crippen LogP contribution is -2.06. The minimum absolute atomic E-state index is 0.122. The van der Waals surface area contributed by atoms with Gasteiger partial charge in [-0.15, -0.1) is 15.0 Å². The van der Waals surface area contributed by atoms with Crippen molar-refractivity contribution in [1.29, 1.82) is 0 Å². The number of benzene rings is 3. The molecule has 0 aliphatic heterocycles. The van der Waals surface area contributed by atoms with Crippen molar-refractivity contribution in [2.75, 3.05) is 0 Å². The second kappa shape index (κ2) is 7.76. The third-order valence-electron chi connectivity index (χ3n) is 4.28. The van der Waals surface area contributed by atoms with E-state index in [-0.39, 0.29) is 22.9 Å². The fraction of sp³-hybridized carbons (Fsp3) is 0. The molecule has 3 aromatic carbocycles. The molecule has 0 bridgehead atoms. The third kappa shape index (κ3) is 3.70. The van der Waals surface area contributed by atoms with E-state index in [4.69, 9.17) is 0 Å². The van der Waals surface area contributed by atoms with E-state index >= 15 is 0 Å². The Kier molecular flexibility index (Phi) is 5.01. The maximum atomic E-state index is 13.2. The zero-order chi connectivity index (χ0) is 20.4. The van der Waals surface area contributed by atoms with Gasteiger partial charge in [-0.25, -0.2) is 0 Å². The van der Waals surface area contributed by atoms with E-state index in [2.05, 4.69) is 26.1 Å². The smallest absolute Gasteiger partial charge is 0.287 e. The molecule has 0 radical (unpaired) electrons.